The molecular formula is C8H19N3. The molecule has 0 aliphatic carbocycles. The number of nitrogens with zero attached hydrogens (tertiary/aromatic N) is 2. The van der Waals surface area contributed by atoms with Crippen molar-refractivity contribution in [3.63, 3.8) is 0 Å². The predicted octanol–water partition coefficient (Wildman–Crippen LogP) is 1.05. The Labute approximate surface area is 69.3 Å². The molecule has 3 nitrogen and oxygen atoms in total. The van der Waals surface area contributed by atoms with Crippen LogP contribution in [0.5, 0.6) is 0 Å². The molecule has 0 bridgehead atoms. The van der Waals surface area contributed by atoms with Crippen LogP contribution in [0.4, 0.5) is 0 Å². The number of nitrogens with two attached hydrogens (primary N) is 1. The summed E-state index contributed by atoms with van der Waals surface area (Å²) in [5.41, 5.74) is 5.64. The summed E-state index contributed by atoms with van der Waals surface area (Å²) >= 11 is 0. The van der Waals surface area contributed by atoms with E-state index in [9.17, 15) is 0 Å². The van der Waals surface area contributed by atoms with E-state index in [0.717, 1.165) is 13.1 Å². The number of hydrogen-bond acceptors (Lipinski definition) is 1. The summed E-state index contributed by atoms with van der Waals surface area (Å²) in [7, 11) is 1.98. The van der Waals surface area contributed by atoms with Crippen LogP contribution in [0.1, 0.15) is 26.7 Å². The highest BCUT2D eigenvalue weighted by molar-refractivity contribution is 5.77. The van der Waals surface area contributed by atoms with E-state index in [1.807, 2.05) is 18.9 Å². The quantitative estimate of drug-likeness (QED) is 0.489. The minimum absolute atomic E-state index is 0.654. The normalized spacial score (nSPS) is 11.7. The zero-order valence-corrected chi connectivity index (χ0v) is 7.80. The lowest BCUT2D eigenvalue weighted by Gasteiger charge is -2.16. The lowest BCUT2D eigenvalue weighted by atomic mass is 10.3. The first-order valence-electron chi connectivity index (χ1n) is 4.23. The molecule has 11 heavy (non-hydrogen) atoms. The second-order valence-electron chi connectivity index (χ2n) is 2.61. The topological polar surface area (TPSA) is 41.6 Å². The van der Waals surface area contributed by atoms with Crippen molar-refractivity contribution in [3.8, 4) is 0 Å². The van der Waals surface area contributed by atoms with Gasteiger partial charge in [0.1, 0.15) is 0 Å². The molecule has 0 aromatic rings. The highest BCUT2D eigenvalue weighted by Crippen LogP contribution is 1.90. The fourth-order valence-corrected chi connectivity index (χ4v) is 0.793. The average molecular weight is 157 g/mol. The number of aliphatic imine (C=N–C) groups is 1. The molecule has 2 N–H and O–H groups in total. The standard InChI is InChI=1S/C8H19N3/c1-4-6-7-11(3)8(9)10-5-2/h4-7H2,1-3H3,(H2,9,10). The largest absolute Gasteiger partial charge is 0.370 e. The lowest BCUT2D eigenvalue weighted by Crippen LogP contribution is -2.34. The minimum atomic E-state index is 0.654. The fourth-order valence-electron chi connectivity index (χ4n) is 0.793. The van der Waals surface area contributed by atoms with Gasteiger partial charge in [0.15, 0.2) is 5.96 Å². The third-order valence-corrected chi connectivity index (χ3v) is 1.56. The van der Waals surface area contributed by atoms with Crippen molar-refractivity contribution >= 4 is 5.96 Å². The molecule has 0 rings (SSSR count). The van der Waals surface area contributed by atoms with Gasteiger partial charge in [-0.3, -0.25) is 4.99 Å². The summed E-state index contributed by atoms with van der Waals surface area (Å²) in [4.78, 5) is 6.09. The minimum Gasteiger partial charge on any atom is -0.370 e. The van der Waals surface area contributed by atoms with Crippen LogP contribution in [0.15, 0.2) is 4.99 Å². The summed E-state index contributed by atoms with van der Waals surface area (Å²) < 4.78 is 0. The third kappa shape index (κ3) is 4.65. The highest BCUT2D eigenvalue weighted by Gasteiger charge is 1.97. The molecule has 0 saturated carbocycles. The van der Waals surface area contributed by atoms with Crippen molar-refractivity contribution in [2.75, 3.05) is 20.1 Å². The van der Waals surface area contributed by atoms with Crippen molar-refractivity contribution in [1.82, 2.24) is 4.90 Å². The van der Waals surface area contributed by atoms with Crippen LogP contribution in [-0.4, -0.2) is 31.0 Å². The maximum absolute atomic E-state index is 5.64. The molecule has 0 aromatic heterocycles. The lowest BCUT2D eigenvalue weighted by molar-refractivity contribution is 0.478. The van der Waals surface area contributed by atoms with E-state index in [1.165, 1.54) is 12.8 Å². The van der Waals surface area contributed by atoms with Gasteiger partial charge in [0, 0.05) is 20.1 Å². The van der Waals surface area contributed by atoms with Gasteiger partial charge in [-0.25, -0.2) is 0 Å². The Bertz CT molecular complexity index is 121. The highest BCUT2D eigenvalue weighted by atomic mass is 15.2. The van der Waals surface area contributed by atoms with Crippen molar-refractivity contribution < 1.29 is 0 Å². The fraction of sp³-hybridized carbons (Fsp3) is 0.875. The SMILES string of the molecule is CCCCN(C)C(N)=NCC. The summed E-state index contributed by atoms with van der Waals surface area (Å²) in [5, 5.41) is 0. The summed E-state index contributed by atoms with van der Waals surface area (Å²) in [6, 6.07) is 0. The second-order valence-corrected chi connectivity index (χ2v) is 2.61. The number of rotatable bonds is 4. The smallest absolute Gasteiger partial charge is 0.190 e. The summed E-state index contributed by atoms with van der Waals surface area (Å²) in [6.45, 7) is 5.93. The second kappa shape index (κ2) is 6.01. The number of unbranched alkanes of at least 4 members (excludes halogenated alkanes) is 1. The first-order valence-corrected chi connectivity index (χ1v) is 4.23. The van der Waals surface area contributed by atoms with Gasteiger partial charge < -0.3 is 10.6 Å². The van der Waals surface area contributed by atoms with E-state index >= 15 is 0 Å². The molecule has 3 heteroatoms. The van der Waals surface area contributed by atoms with Crippen LogP contribution in [0.2, 0.25) is 0 Å². The molecule has 0 aliphatic heterocycles. The van der Waals surface area contributed by atoms with Crippen LogP contribution < -0.4 is 5.73 Å². The Hall–Kier alpha value is -0.730. The Balaban J connectivity index is 3.63. The molecule has 0 unspecified atom stereocenters. The van der Waals surface area contributed by atoms with Crippen molar-refractivity contribution in [2.24, 2.45) is 10.7 Å². The molecule has 0 saturated heterocycles. The molecule has 0 heterocycles. The zero-order chi connectivity index (χ0) is 8.69. The van der Waals surface area contributed by atoms with E-state index in [0.29, 0.717) is 5.96 Å². The van der Waals surface area contributed by atoms with Gasteiger partial charge in [-0.05, 0) is 13.3 Å². The van der Waals surface area contributed by atoms with Crippen LogP contribution in [0.3, 0.4) is 0 Å². The molecule has 0 aliphatic rings. The number of guanidine groups is 1. The molecule has 0 spiro atoms. The van der Waals surface area contributed by atoms with E-state index < -0.39 is 0 Å². The van der Waals surface area contributed by atoms with Gasteiger partial charge in [0.2, 0.25) is 0 Å². The van der Waals surface area contributed by atoms with Crippen LogP contribution >= 0.6 is 0 Å². The first kappa shape index (κ1) is 10.3. The monoisotopic (exact) mass is 157 g/mol. The molecule has 0 aromatic carbocycles. The van der Waals surface area contributed by atoms with Gasteiger partial charge >= 0.3 is 0 Å². The average Bonchev–Trinajstić information content (AvgIpc) is 2.00. The van der Waals surface area contributed by atoms with Crippen LogP contribution in [-0.2, 0) is 0 Å². The van der Waals surface area contributed by atoms with Gasteiger partial charge in [-0.1, -0.05) is 13.3 Å². The predicted molar refractivity (Wildman–Crippen MR) is 49.7 cm³/mol. The Morgan fingerprint density at radius 2 is 2.09 bits per heavy atom. The van der Waals surface area contributed by atoms with E-state index in [4.69, 9.17) is 5.73 Å². The zero-order valence-electron chi connectivity index (χ0n) is 7.80. The summed E-state index contributed by atoms with van der Waals surface area (Å²) in [6.07, 6.45) is 2.38. The van der Waals surface area contributed by atoms with E-state index in [1.54, 1.807) is 0 Å². The van der Waals surface area contributed by atoms with Crippen LogP contribution in [0.25, 0.3) is 0 Å². The van der Waals surface area contributed by atoms with Gasteiger partial charge in [-0.15, -0.1) is 0 Å². The maximum atomic E-state index is 5.64. The Morgan fingerprint density at radius 1 is 1.45 bits per heavy atom. The Kier molecular flexibility index (Phi) is 5.61. The van der Waals surface area contributed by atoms with E-state index in [-0.39, 0.29) is 0 Å². The molecule has 0 fully saturated rings. The first-order chi connectivity index (χ1) is 5.22. The third-order valence-electron chi connectivity index (χ3n) is 1.56. The molecule has 0 atom stereocenters. The van der Waals surface area contributed by atoms with Crippen LogP contribution in [0, 0.1) is 0 Å². The van der Waals surface area contributed by atoms with Gasteiger partial charge in [0.05, 0.1) is 0 Å². The number of hydrogen-bond donors (Lipinski definition) is 1. The molecule has 0 amide bonds. The van der Waals surface area contributed by atoms with Crippen molar-refractivity contribution in [3.05, 3.63) is 0 Å². The maximum Gasteiger partial charge on any atom is 0.190 e. The summed E-state index contributed by atoms with van der Waals surface area (Å²) in [5.74, 6) is 0.654. The van der Waals surface area contributed by atoms with Gasteiger partial charge in [-0.2, -0.15) is 0 Å². The van der Waals surface area contributed by atoms with Crippen molar-refractivity contribution in [2.45, 2.75) is 26.7 Å². The van der Waals surface area contributed by atoms with Crippen molar-refractivity contribution in [1.29, 1.82) is 0 Å². The van der Waals surface area contributed by atoms with E-state index in [2.05, 4.69) is 11.9 Å². The molecule has 66 valence electrons. The molecular weight excluding hydrogens is 138 g/mol. The Morgan fingerprint density at radius 3 is 2.55 bits per heavy atom. The van der Waals surface area contributed by atoms with Gasteiger partial charge in [0.25, 0.3) is 0 Å². The molecule has 0 radical (unpaired) electrons.